The van der Waals surface area contributed by atoms with Gasteiger partial charge in [-0.15, -0.1) is 0 Å². The molecule has 22 heavy (non-hydrogen) atoms. The van der Waals surface area contributed by atoms with Crippen LogP contribution in [0, 0.1) is 5.92 Å². The molecule has 0 N–H and O–H groups in total. The van der Waals surface area contributed by atoms with Crippen molar-refractivity contribution in [3.63, 3.8) is 0 Å². The molecule has 112 valence electrons. The van der Waals surface area contributed by atoms with E-state index >= 15 is 0 Å². The topological polar surface area (TPSA) is 51.2 Å². The number of carbonyl (C=O) groups excluding carboxylic acids is 2. The molecular formula is C18H16O3S. The number of hydrogen-bond donors (Lipinski definition) is 0. The molecule has 4 heteroatoms. The number of Topliss-reactive ketones (excluding diaryl/α,β-unsaturated/α-hetero) is 2. The molecule has 2 aromatic rings. The monoisotopic (exact) mass is 312 g/mol. The molecule has 0 atom stereocenters. The van der Waals surface area contributed by atoms with E-state index in [0.29, 0.717) is 9.79 Å². The van der Waals surface area contributed by atoms with Crippen LogP contribution in [0.5, 0.6) is 0 Å². The largest absolute Gasteiger partial charge is 0.299 e. The van der Waals surface area contributed by atoms with Crippen LogP contribution in [0.4, 0.5) is 0 Å². The average Bonchev–Trinajstić information content (AvgIpc) is 2.50. The lowest BCUT2D eigenvalue weighted by Crippen LogP contribution is -2.31. The van der Waals surface area contributed by atoms with Crippen LogP contribution in [0.1, 0.15) is 30.9 Å². The zero-order valence-corrected chi connectivity index (χ0v) is 13.2. The molecule has 0 unspecified atom stereocenters. The first-order valence-electron chi connectivity index (χ1n) is 7.13. The Morgan fingerprint density at radius 2 is 1.27 bits per heavy atom. The second kappa shape index (κ2) is 5.61. The molecule has 2 aromatic carbocycles. The molecule has 0 saturated carbocycles. The molecule has 0 aliphatic carbocycles. The molecule has 0 bridgehead atoms. The predicted octanol–water partition coefficient (Wildman–Crippen LogP) is 3.09. The highest BCUT2D eigenvalue weighted by atomic mass is 32.2. The van der Waals surface area contributed by atoms with Crippen molar-refractivity contribution in [2.45, 2.75) is 29.6 Å². The van der Waals surface area contributed by atoms with Crippen LogP contribution in [0.25, 0.3) is 0 Å². The minimum absolute atomic E-state index is 0.158. The van der Waals surface area contributed by atoms with E-state index in [2.05, 4.69) is 0 Å². The maximum atomic E-state index is 12.8. The number of hydrogen-bond acceptors (Lipinski definition) is 3. The Balaban J connectivity index is 2.30. The highest BCUT2D eigenvalue weighted by Gasteiger charge is 2.39. The first kappa shape index (κ1) is 14.9. The number of rotatable bonds is 3. The molecule has 0 saturated heterocycles. The van der Waals surface area contributed by atoms with Crippen molar-refractivity contribution < 1.29 is 13.8 Å². The van der Waals surface area contributed by atoms with Gasteiger partial charge in [-0.05, 0) is 37.1 Å². The molecule has 0 radical (unpaired) electrons. The summed E-state index contributed by atoms with van der Waals surface area (Å²) < 4.78 is 12.8. The molecule has 3 nitrogen and oxygen atoms in total. The van der Waals surface area contributed by atoms with Gasteiger partial charge in [0, 0.05) is 15.7 Å². The van der Waals surface area contributed by atoms with Crippen LogP contribution in [-0.2, 0) is 20.4 Å². The third kappa shape index (κ3) is 2.24. The van der Waals surface area contributed by atoms with Crippen molar-refractivity contribution in [1.29, 1.82) is 0 Å². The Hall–Kier alpha value is -2.07. The highest BCUT2D eigenvalue weighted by Crippen LogP contribution is 2.44. The van der Waals surface area contributed by atoms with Gasteiger partial charge < -0.3 is 0 Å². The Morgan fingerprint density at radius 3 is 1.68 bits per heavy atom. The fourth-order valence-electron chi connectivity index (χ4n) is 3.21. The van der Waals surface area contributed by atoms with Gasteiger partial charge in [-0.2, -0.15) is 0 Å². The van der Waals surface area contributed by atoms with Crippen molar-refractivity contribution >= 4 is 22.4 Å². The number of carbonyl (C=O) groups is 2. The Morgan fingerprint density at radius 1 is 0.864 bits per heavy atom. The zero-order chi connectivity index (χ0) is 15.9. The summed E-state index contributed by atoms with van der Waals surface area (Å²) in [5.41, 5.74) is 1.63. The van der Waals surface area contributed by atoms with Crippen molar-refractivity contribution in [1.82, 2.24) is 0 Å². The minimum Gasteiger partial charge on any atom is -0.299 e. The van der Waals surface area contributed by atoms with Crippen LogP contribution in [0.3, 0.4) is 0 Å². The van der Waals surface area contributed by atoms with E-state index in [9.17, 15) is 13.8 Å². The molecule has 0 spiro atoms. The number of fused-ring (bicyclic) bond motifs is 2. The van der Waals surface area contributed by atoms with E-state index in [1.807, 2.05) is 48.5 Å². The molecule has 1 aliphatic heterocycles. The summed E-state index contributed by atoms with van der Waals surface area (Å²) in [6, 6.07) is 14.7. The lowest BCUT2D eigenvalue weighted by Gasteiger charge is -2.31. The van der Waals surface area contributed by atoms with Gasteiger partial charge in [0.1, 0.15) is 11.6 Å². The van der Waals surface area contributed by atoms with Crippen molar-refractivity contribution in [2.75, 3.05) is 0 Å². The Labute approximate surface area is 131 Å². The summed E-state index contributed by atoms with van der Waals surface area (Å²) in [6.07, 6.45) is 0. The minimum atomic E-state index is -1.28. The van der Waals surface area contributed by atoms with Crippen LogP contribution in [-0.4, -0.2) is 15.8 Å². The molecule has 0 fully saturated rings. The molecule has 3 rings (SSSR count). The molecule has 0 amide bonds. The predicted molar refractivity (Wildman–Crippen MR) is 84.3 cm³/mol. The Bertz CT molecular complexity index is 731. The van der Waals surface area contributed by atoms with E-state index in [1.165, 1.54) is 13.8 Å². The van der Waals surface area contributed by atoms with Crippen LogP contribution >= 0.6 is 0 Å². The second-order valence-electron chi connectivity index (χ2n) is 5.52. The number of ketones is 2. The summed E-state index contributed by atoms with van der Waals surface area (Å²) in [4.78, 5) is 25.6. The van der Waals surface area contributed by atoms with Gasteiger partial charge in [-0.25, -0.2) is 4.21 Å². The third-order valence-electron chi connectivity index (χ3n) is 4.12. The SMILES string of the molecule is CC(=O)C(C(C)=O)C1c2ccccc2S(=O)c2ccccc21. The van der Waals surface area contributed by atoms with Gasteiger partial charge in [0.15, 0.2) is 0 Å². The summed E-state index contributed by atoms with van der Waals surface area (Å²) >= 11 is 0. The van der Waals surface area contributed by atoms with Crippen molar-refractivity contribution in [2.24, 2.45) is 5.92 Å². The van der Waals surface area contributed by atoms with Gasteiger partial charge in [0.25, 0.3) is 0 Å². The summed E-state index contributed by atoms with van der Waals surface area (Å²) in [7, 11) is -1.28. The third-order valence-corrected chi connectivity index (χ3v) is 5.66. The molecular weight excluding hydrogens is 296 g/mol. The van der Waals surface area contributed by atoms with Crippen molar-refractivity contribution in [3.8, 4) is 0 Å². The average molecular weight is 312 g/mol. The van der Waals surface area contributed by atoms with Gasteiger partial charge in [-0.3, -0.25) is 9.59 Å². The van der Waals surface area contributed by atoms with E-state index in [1.54, 1.807) is 0 Å². The van der Waals surface area contributed by atoms with Crippen molar-refractivity contribution in [3.05, 3.63) is 59.7 Å². The highest BCUT2D eigenvalue weighted by molar-refractivity contribution is 7.85. The van der Waals surface area contributed by atoms with E-state index in [0.717, 1.165) is 11.1 Å². The van der Waals surface area contributed by atoms with E-state index in [4.69, 9.17) is 0 Å². The maximum absolute atomic E-state index is 12.8. The van der Waals surface area contributed by atoms with Crippen LogP contribution in [0.2, 0.25) is 0 Å². The van der Waals surface area contributed by atoms with Gasteiger partial charge in [-0.1, -0.05) is 36.4 Å². The molecule has 1 aliphatic rings. The van der Waals surface area contributed by atoms with Gasteiger partial charge in [0.05, 0.1) is 16.7 Å². The quantitative estimate of drug-likeness (QED) is 0.818. The fraction of sp³-hybridized carbons (Fsp3) is 0.222. The maximum Gasteiger partial charge on any atom is 0.141 e. The van der Waals surface area contributed by atoms with E-state index < -0.39 is 16.7 Å². The molecule has 1 heterocycles. The molecule has 0 aromatic heterocycles. The lowest BCUT2D eigenvalue weighted by atomic mass is 9.76. The summed E-state index contributed by atoms with van der Waals surface area (Å²) in [5.74, 6) is -1.41. The smallest absolute Gasteiger partial charge is 0.141 e. The first-order chi connectivity index (χ1) is 10.5. The van der Waals surface area contributed by atoms with Crippen LogP contribution in [0.15, 0.2) is 58.3 Å². The summed E-state index contributed by atoms with van der Waals surface area (Å²) in [5, 5.41) is 0. The Kier molecular flexibility index (Phi) is 3.79. The van der Waals surface area contributed by atoms with Gasteiger partial charge >= 0.3 is 0 Å². The number of benzene rings is 2. The van der Waals surface area contributed by atoms with Gasteiger partial charge in [0.2, 0.25) is 0 Å². The fourth-order valence-corrected chi connectivity index (χ4v) is 4.67. The van der Waals surface area contributed by atoms with Crippen LogP contribution < -0.4 is 0 Å². The zero-order valence-electron chi connectivity index (χ0n) is 12.4. The first-order valence-corrected chi connectivity index (χ1v) is 8.28. The lowest BCUT2D eigenvalue weighted by molar-refractivity contribution is -0.130. The summed E-state index contributed by atoms with van der Waals surface area (Å²) in [6.45, 7) is 2.89. The standard InChI is InChI=1S/C18H16O3S/c1-11(19)17(12(2)20)18-13-7-3-5-9-15(13)22(21)16-10-6-4-8-14(16)18/h3-10,17-18H,1-2H3. The van der Waals surface area contributed by atoms with E-state index in [-0.39, 0.29) is 17.5 Å². The normalized spacial score (nSPS) is 19.4. The second-order valence-corrected chi connectivity index (χ2v) is 6.94.